The lowest BCUT2D eigenvalue weighted by Crippen LogP contribution is -2.14. The van der Waals surface area contributed by atoms with Crippen LogP contribution in [0, 0.1) is 0 Å². The van der Waals surface area contributed by atoms with Crippen molar-refractivity contribution < 1.29 is 23.1 Å². The Morgan fingerprint density at radius 3 is 2.47 bits per heavy atom. The Morgan fingerprint density at radius 2 is 2.00 bits per heavy atom. The van der Waals surface area contributed by atoms with Crippen LogP contribution in [0.4, 0.5) is 23.7 Å². The van der Waals surface area contributed by atoms with Crippen LogP contribution in [0.25, 0.3) is 0 Å². The number of halogens is 4. The van der Waals surface area contributed by atoms with Gasteiger partial charge in [-0.25, -0.2) is 4.79 Å². The molecule has 0 radical (unpaired) electrons. The van der Waals surface area contributed by atoms with Crippen molar-refractivity contribution in [1.29, 1.82) is 0 Å². The molecule has 0 saturated heterocycles. The Labute approximate surface area is 91.0 Å². The highest BCUT2D eigenvalue weighted by Crippen LogP contribution is 2.36. The zero-order valence-corrected chi connectivity index (χ0v) is 8.69. The van der Waals surface area contributed by atoms with Gasteiger partial charge in [0.25, 0.3) is 0 Å². The highest BCUT2D eigenvalue weighted by atomic mass is 79.9. The fourth-order valence-corrected chi connectivity index (χ4v) is 1.34. The monoisotopic (exact) mass is 283 g/mol. The first kappa shape index (κ1) is 11.8. The van der Waals surface area contributed by atoms with Crippen LogP contribution in [-0.4, -0.2) is 11.2 Å². The second-order valence-electron chi connectivity index (χ2n) is 2.62. The highest BCUT2D eigenvalue weighted by Gasteiger charge is 2.33. The molecule has 0 aliphatic rings. The number of hydrogen-bond donors (Lipinski definition) is 2. The van der Waals surface area contributed by atoms with Gasteiger partial charge >= 0.3 is 12.3 Å². The maximum absolute atomic E-state index is 12.4. The smallest absolute Gasteiger partial charge is 0.418 e. The van der Waals surface area contributed by atoms with Gasteiger partial charge in [-0.1, -0.05) is 15.9 Å². The molecule has 0 heterocycles. The standard InChI is InChI=1S/C8H5BrF3NO2/c9-4-1-2-5(8(10,11)12)6(3-4)13-7(14)15/h1-3,13H,(H,14,15). The van der Waals surface area contributed by atoms with Crippen LogP contribution in [0.15, 0.2) is 22.7 Å². The second-order valence-corrected chi connectivity index (χ2v) is 3.53. The average molecular weight is 284 g/mol. The van der Waals surface area contributed by atoms with E-state index in [2.05, 4.69) is 15.9 Å². The molecular formula is C8H5BrF3NO2. The molecule has 0 bridgehead atoms. The lowest BCUT2D eigenvalue weighted by Gasteiger charge is -2.12. The summed E-state index contributed by atoms with van der Waals surface area (Å²) in [4.78, 5) is 10.3. The van der Waals surface area contributed by atoms with Crippen LogP contribution < -0.4 is 5.32 Å². The molecule has 2 N–H and O–H groups in total. The minimum absolute atomic E-state index is 0.360. The van der Waals surface area contributed by atoms with Crippen LogP contribution in [-0.2, 0) is 6.18 Å². The highest BCUT2D eigenvalue weighted by molar-refractivity contribution is 9.10. The number of nitrogens with one attached hydrogen (secondary N) is 1. The van der Waals surface area contributed by atoms with Gasteiger partial charge in [0.05, 0.1) is 11.3 Å². The quantitative estimate of drug-likeness (QED) is 0.828. The van der Waals surface area contributed by atoms with E-state index in [0.717, 1.165) is 12.1 Å². The van der Waals surface area contributed by atoms with Crippen molar-refractivity contribution in [2.75, 3.05) is 5.32 Å². The zero-order valence-electron chi connectivity index (χ0n) is 7.10. The minimum Gasteiger partial charge on any atom is -0.465 e. The van der Waals surface area contributed by atoms with Crippen molar-refractivity contribution >= 4 is 27.7 Å². The third-order valence-electron chi connectivity index (χ3n) is 1.53. The summed E-state index contributed by atoms with van der Waals surface area (Å²) >= 11 is 2.95. The first-order chi connectivity index (χ1) is 6.80. The van der Waals surface area contributed by atoms with Crippen molar-refractivity contribution in [3.05, 3.63) is 28.2 Å². The van der Waals surface area contributed by atoms with Gasteiger partial charge in [-0.3, -0.25) is 5.32 Å². The van der Waals surface area contributed by atoms with Gasteiger partial charge in [-0.15, -0.1) is 0 Å². The normalized spacial score (nSPS) is 11.2. The Balaban J connectivity index is 3.20. The van der Waals surface area contributed by atoms with E-state index in [1.165, 1.54) is 6.07 Å². The van der Waals surface area contributed by atoms with Crippen LogP contribution >= 0.6 is 15.9 Å². The molecule has 0 saturated carbocycles. The molecule has 0 aromatic heterocycles. The fraction of sp³-hybridized carbons (Fsp3) is 0.125. The Kier molecular flexibility index (Phi) is 3.23. The maximum atomic E-state index is 12.4. The molecule has 0 spiro atoms. The molecule has 1 amide bonds. The predicted octanol–water partition coefficient (Wildman–Crippen LogP) is 3.56. The minimum atomic E-state index is -4.58. The molecule has 0 atom stereocenters. The van der Waals surface area contributed by atoms with Crippen molar-refractivity contribution in [3.8, 4) is 0 Å². The summed E-state index contributed by atoms with van der Waals surface area (Å²) in [5.74, 6) is 0. The second kappa shape index (κ2) is 4.09. The largest absolute Gasteiger partial charge is 0.465 e. The molecule has 82 valence electrons. The summed E-state index contributed by atoms with van der Waals surface area (Å²) in [7, 11) is 0. The number of carbonyl (C=O) groups is 1. The summed E-state index contributed by atoms with van der Waals surface area (Å²) in [5, 5.41) is 10.0. The average Bonchev–Trinajstić information content (AvgIpc) is 1.99. The van der Waals surface area contributed by atoms with Gasteiger partial charge in [0.2, 0.25) is 0 Å². The molecule has 0 unspecified atom stereocenters. The summed E-state index contributed by atoms with van der Waals surface area (Å²) < 4.78 is 37.5. The summed E-state index contributed by atoms with van der Waals surface area (Å²) in [5.41, 5.74) is -1.52. The van der Waals surface area contributed by atoms with Gasteiger partial charge in [0, 0.05) is 4.47 Å². The van der Waals surface area contributed by atoms with E-state index in [1.807, 2.05) is 0 Å². The molecule has 7 heteroatoms. The third kappa shape index (κ3) is 3.12. The van der Waals surface area contributed by atoms with Crippen LogP contribution in [0.5, 0.6) is 0 Å². The van der Waals surface area contributed by atoms with Gasteiger partial charge in [0.1, 0.15) is 0 Å². The number of alkyl halides is 3. The third-order valence-corrected chi connectivity index (χ3v) is 2.02. The van der Waals surface area contributed by atoms with E-state index in [4.69, 9.17) is 5.11 Å². The SMILES string of the molecule is O=C(O)Nc1cc(Br)ccc1C(F)(F)F. The van der Waals surface area contributed by atoms with Crippen molar-refractivity contribution in [3.63, 3.8) is 0 Å². The van der Waals surface area contributed by atoms with Crippen LogP contribution in [0.2, 0.25) is 0 Å². The number of amides is 1. The van der Waals surface area contributed by atoms with Gasteiger partial charge in [0.15, 0.2) is 0 Å². The van der Waals surface area contributed by atoms with E-state index < -0.39 is 23.5 Å². The Morgan fingerprint density at radius 1 is 1.40 bits per heavy atom. The number of hydrogen-bond acceptors (Lipinski definition) is 1. The van der Waals surface area contributed by atoms with Crippen molar-refractivity contribution in [2.45, 2.75) is 6.18 Å². The molecule has 3 nitrogen and oxygen atoms in total. The topological polar surface area (TPSA) is 49.3 Å². The zero-order chi connectivity index (χ0) is 11.6. The van der Waals surface area contributed by atoms with Gasteiger partial charge < -0.3 is 5.11 Å². The fourth-order valence-electron chi connectivity index (χ4n) is 0.982. The predicted molar refractivity (Wildman–Crippen MR) is 50.8 cm³/mol. The lowest BCUT2D eigenvalue weighted by molar-refractivity contribution is -0.136. The first-order valence-corrected chi connectivity index (χ1v) is 4.46. The number of carboxylic acid groups (broad SMARTS) is 1. The summed E-state index contributed by atoms with van der Waals surface area (Å²) in [6, 6.07) is 3.04. The van der Waals surface area contributed by atoms with Gasteiger partial charge in [-0.2, -0.15) is 13.2 Å². The summed E-state index contributed by atoms with van der Waals surface area (Å²) in [6.07, 6.45) is -6.13. The molecular weight excluding hydrogens is 279 g/mol. The van der Waals surface area contributed by atoms with E-state index in [1.54, 1.807) is 5.32 Å². The molecule has 1 rings (SSSR count). The first-order valence-electron chi connectivity index (χ1n) is 3.67. The molecule has 0 fully saturated rings. The molecule has 15 heavy (non-hydrogen) atoms. The number of anilines is 1. The Bertz CT molecular complexity index is 392. The van der Waals surface area contributed by atoms with E-state index in [-0.39, 0.29) is 0 Å². The van der Waals surface area contributed by atoms with Crippen molar-refractivity contribution in [2.24, 2.45) is 0 Å². The lowest BCUT2D eigenvalue weighted by atomic mass is 10.1. The molecule has 0 aliphatic carbocycles. The molecule has 0 aliphatic heterocycles. The number of rotatable bonds is 1. The van der Waals surface area contributed by atoms with Crippen LogP contribution in [0.3, 0.4) is 0 Å². The van der Waals surface area contributed by atoms with E-state index in [9.17, 15) is 18.0 Å². The van der Waals surface area contributed by atoms with E-state index >= 15 is 0 Å². The Hall–Kier alpha value is -1.24. The van der Waals surface area contributed by atoms with Gasteiger partial charge in [-0.05, 0) is 18.2 Å². The number of benzene rings is 1. The maximum Gasteiger partial charge on any atom is 0.418 e. The van der Waals surface area contributed by atoms with Crippen LogP contribution in [0.1, 0.15) is 5.56 Å². The molecule has 1 aromatic rings. The molecule has 1 aromatic carbocycles. The van der Waals surface area contributed by atoms with E-state index in [0.29, 0.717) is 4.47 Å². The summed E-state index contributed by atoms with van der Waals surface area (Å²) in [6.45, 7) is 0. The van der Waals surface area contributed by atoms with Crippen molar-refractivity contribution in [1.82, 2.24) is 0 Å².